The predicted octanol–water partition coefficient (Wildman–Crippen LogP) is 12.6. The Morgan fingerprint density at radius 3 is 2.13 bits per heavy atom. The van der Waals surface area contributed by atoms with Gasteiger partial charge in [-0.1, -0.05) is 96.4 Å². The van der Waals surface area contributed by atoms with Crippen molar-refractivity contribution in [2.75, 3.05) is 0 Å². The molecule has 1 saturated heterocycles. The van der Waals surface area contributed by atoms with Crippen molar-refractivity contribution in [2.45, 2.75) is 157 Å². The second kappa shape index (κ2) is 21.0. The van der Waals surface area contributed by atoms with Gasteiger partial charge in [-0.15, -0.1) is 0 Å². The summed E-state index contributed by atoms with van der Waals surface area (Å²) in [4.78, 5) is 40.5. The number of hydrogen-bond acceptors (Lipinski definition) is 8. The third-order valence-corrected chi connectivity index (χ3v) is 12.7. The Kier molecular flexibility index (Phi) is 15.5. The van der Waals surface area contributed by atoms with Crippen LogP contribution in [-0.2, 0) is 14.3 Å². The molecule has 6 aliphatic rings. The lowest BCUT2D eigenvalue weighted by molar-refractivity contribution is -0.139. The number of carbonyl (C=O) groups excluding carboxylic acids is 1. The van der Waals surface area contributed by atoms with Crippen LogP contribution in [0.5, 0.6) is 0 Å². The van der Waals surface area contributed by atoms with Gasteiger partial charge in [0.05, 0.1) is 28.5 Å². The number of esters is 1. The lowest BCUT2D eigenvalue weighted by Crippen LogP contribution is -2.15. The average molecular weight is 815 g/mol. The van der Waals surface area contributed by atoms with Crippen LogP contribution in [-0.4, -0.2) is 39.3 Å². The number of aliphatic carboxylic acids is 1. The zero-order chi connectivity index (χ0) is 42.8. The van der Waals surface area contributed by atoms with Crippen molar-refractivity contribution in [3.8, 4) is 0 Å². The van der Waals surface area contributed by atoms with Crippen LogP contribution in [0.1, 0.15) is 157 Å². The van der Waals surface area contributed by atoms with Gasteiger partial charge in [0.2, 0.25) is 0 Å². The molecule has 9 heteroatoms. The summed E-state index contributed by atoms with van der Waals surface area (Å²) in [6.45, 7) is 12.4. The van der Waals surface area contributed by atoms with E-state index < -0.39 is 5.97 Å². The number of unbranched alkanes of at least 4 members (excludes halogenated alkanes) is 11. The zero-order valence-corrected chi connectivity index (χ0v) is 36.9. The van der Waals surface area contributed by atoms with E-state index in [1.165, 1.54) is 51.4 Å². The maximum atomic E-state index is 13.4. The molecule has 320 valence electrons. The van der Waals surface area contributed by atoms with Gasteiger partial charge in [0.15, 0.2) is 5.76 Å². The molecule has 0 unspecified atom stereocenters. The van der Waals surface area contributed by atoms with Crippen molar-refractivity contribution in [1.82, 2.24) is 5.32 Å². The first-order valence-corrected chi connectivity index (χ1v) is 22.7. The predicted molar refractivity (Wildman–Crippen MR) is 244 cm³/mol. The van der Waals surface area contributed by atoms with Crippen LogP contribution in [0.3, 0.4) is 0 Å². The molecule has 0 radical (unpaired) electrons. The van der Waals surface area contributed by atoms with E-state index in [1.807, 2.05) is 32.1 Å². The molecular formula is C51H66N4O5. The molecule has 3 N–H and O–H groups in total. The number of carbonyl (C=O) groups is 2. The van der Waals surface area contributed by atoms with Crippen LogP contribution >= 0.6 is 0 Å². The normalized spacial score (nSPS) is 21.1. The van der Waals surface area contributed by atoms with E-state index in [1.54, 1.807) is 0 Å². The van der Waals surface area contributed by atoms with E-state index >= 15 is 0 Å². The smallest absolute Gasteiger partial charge is 0.311 e. The van der Waals surface area contributed by atoms with Gasteiger partial charge in [-0.25, -0.2) is 15.0 Å². The second-order valence-corrected chi connectivity index (χ2v) is 17.1. The van der Waals surface area contributed by atoms with Crippen molar-refractivity contribution < 1.29 is 24.5 Å². The van der Waals surface area contributed by atoms with E-state index in [0.717, 1.165) is 106 Å². The SMILES string of the molecule is CCCCCCC/C=C/C=C/CCCCCCCCC(=O)OC1=C(C)C2=NC1=CC1=NC(=CC3=C(C)C4=C(O)CC(=C5NC(=C2)[C@@H](C)[C@@H]5CCC(=O)O)C4=N3)C(CC)=C1C. The second-order valence-electron chi connectivity index (χ2n) is 17.1. The highest BCUT2D eigenvalue weighted by molar-refractivity contribution is 6.21. The maximum Gasteiger partial charge on any atom is 0.311 e. The summed E-state index contributed by atoms with van der Waals surface area (Å²) in [6, 6.07) is 0. The topological polar surface area (TPSA) is 133 Å². The van der Waals surface area contributed by atoms with Gasteiger partial charge >= 0.3 is 11.9 Å². The van der Waals surface area contributed by atoms with E-state index in [4.69, 9.17) is 19.7 Å². The Morgan fingerprint density at radius 1 is 0.800 bits per heavy atom. The van der Waals surface area contributed by atoms with Gasteiger partial charge in [-0.3, -0.25) is 9.59 Å². The highest BCUT2D eigenvalue weighted by Gasteiger charge is 2.41. The molecule has 60 heavy (non-hydrogen) atoms. The Morgan fingerprint density at radius 2 is 1.45 bits per heavy atom. The van der Waals surface area contributed by atoms with Crippen molar-refractivity contribution >= 4 is 29.1 Å². The fourth-order valence-corrected chi connectivity index (χ4v) is 9.11. The van der Waals surface area contributed by atoms with Crippen LogP contribution in [0.4, 0.5) is 0 Å². The molecule has 2 atom stereocenters. The zero-order valence-electron chi connectivity index (χ0n) is 36.9. The summed E-state index contributed by atoms with van der Waals surface area (Å²) in [7, 11) is 0. The fourth-order valence-electron chi connectivity index (χ4n) is 9.11. The summed E-state index contributed by atoms with van der Waals surface area (Å²) in [5.41, 5.74) is 11.5. The van der Waals surface area contributed by atoms with Crippen LogP contribution < -0.4 is 5.32 Å². The minimum atomic E-state index is -0.850. The number of allylic oxidation sites excluding steroid dienone is 15. The number of aliphatic hydroxyl groups is 1. The summed E-state index contributed by atoms with van der Waals surface area (Å²) < 4.78 is 6.18. The Bertz CT molecular complexity index is 2140. The highest BCUT2D eigenvalue weighted by atomic mass is 16.5. The number of carboxylic acid groups (broad SMARTS) is 1. The number of aliphatic hydroxyl groups excluding tert-OH is 1. The van der Waals surface area contributed by atoms with Gasteiger partial charge < -0.3 is 20.3 Å². The molecule has 0 saturated carbocycles. The quantitative estimate of drug-likeness (QED) is 0.0600. The molecule has 1 fully saturated rings. The first-order chi connectivity index (χ1) is 29.0. The minimum Gasteiger partial charge on any atom is -0.511 e. The molecule has 0 spiro atoms. The fraction of sp³-hybridized carbons (Fsp3) is 0.510. The molecule has 9 nitrogen and oxygen atoms in total. The van der Waals surface area contributed by atoms with Gasteiger partial charge in [0, 0.05) is 59.2 Å². The first-order valence-electron chi connectivity index (χ1n) is 22.7. The van der Waals surface area contributed by atoms with Crippen LogP contribution in [0.15, 0.2) is 131 Å². The average Bonchev–Trinajstić information content (AvgIpc) is 3.97. The minimum absolute atomic E-state index is 0.0155. The van der Waals surface area contributed by atoms with E-state index in [0.29, 0.717) is 36.4 Å². The van der Waals surface area contributed by atoms with Crippen LogP contribution in [0.2, 0.25) is 0 Å². The van der Waals surface area contributed by atoms with Gasteiger partial charge in [-0.2, -0.15) is 0 Å². The van der Waals surface area contributed by atoms with E-state index in [2.05, 4.69) is 57.3 Å². The Hall–Kier alpha value is -5.05. The molecular weight excluding hydrogens is 749 g/mol. The molecule has 5 heterocycles. The molecule has 1 aliphatic carbocycles. The standard InChI is InChI=1S/C51H66N4O5/c1-7-9-10-11-12-13-14-15-16-17-18-19-20-21-22-23-24-25-47(59)60-51-35(6)42-29-40-33(4)37(26-27-46(57)58)49(54-40)38-28-45(56)48-34(5)41(55-50(38)48)30-43-36(8-2)32(3)39(52-43)31-44(51)53-42/h14-17,29-31,33,37,54,56H,7-13,18-28H2,1-6H3,(H,57,58)/b15-14+,17-16+,40-29?,43-30?,44-31?,49-38?/t33-,37-/m0/s1. The molecule has 0 aromatic heterocycles. The lowest BCUT2D eigenvalue weighted by Gasteiger charge is -2.17. The maximum absolute atomic E-state index is 13.4. The van der Waals surface area contributed by atoms with Crippen LogP contribution in [0, 0.1) is 11.8 Å². The Labute approximate surface area is 357 Å². The van der Waals surface area contributed by atoms with Crippen molar-refractivity contribution in [2.24, 2.45) is 26.8 Å². The summed E-state index contributed by atoms with van der Waals surface area (Å²) in [6.07, 6.45) is 32.0. The summed E-state index contributed by atoms with van der Waals surface area (Å²) in [5.74, 6) is -0.597. The molecule has 0 aromatic rings. The number of rotatable bonds is 21. The van der Waals surface area contributed by atoms with E-state index in [-0.39, 0.29) is 30.0 Å². The molecule has 5 aliphatic heterocycles. The van der Waals surface area contributed by atoms with Crippen molar-refractivity contribution in [3.63, 3.8) is 0 Å². The number of hydrogen-bond donors (Lipinski definition) is 3. The third-order valence-electron chi connectivity index (χ3n) is 12.7. The summed E-state index contributed by atoms with van der Waals surface area (Å²) >= 11 is 0. The first kappa shape index (κ1) is 44.5. The largest absolute Gasteiger partial charge is 0.511 e. The number of ether oxygens (including phenoxy) is 1. The Balaban J connectivity index is 1.14. The molecule has 8 bridgehead atoms. The molecule has 6 rings (SSSR count). The molecule has 0 amide bonds. The van der Waals surface area contributed by atoms with Crippen molar-refractivity contribution in [3.05, 3.63) is 116 Å². The lowest BCUT2D eigenvalue weighted by atomic mass is 9.86. The number of aliphatic imine (C=N–C) groups is 3. The van der Waals surface area contributed by atoms with E-state index in [9.17, 15) is 19.8 Å². The van der Waals surface area contributed by atoms with Gasteiger partial charge in [0.1, 0.15) is 11.5 Å². The summed E-state index contributed by atoms with van der Waals surface area (Å²) in [5, 5.41) is 24.6. The molecule has 0 aromatic carbocycles. The van der Waals surface area contributed by atoms with Crippen molar-refractivity contribution in [1.29, 1.82) is 0 Å². The number of nitrogens with zero attached hydrogens (tertiary/aromatic N) is 3. The highest BCUT2D eigenvalue weighted by Crippen LogP contribution is 2.46. The van der Waals surface area contributed by atoms with Gasteiger partial charge in [-0.05, 0) is 101 Å². The number of fused-ring (bicyclic) bond motifs is 5. The monoisotopic (exact) mass is 815 g/mol. The van der Waals surface area contributed by atoms with Gasteiger partial charge in [0.25, 0.3) is 0 Å². The number of nitrogens with one attached hydrogen (secondary N) is 1. The van der Waals surface area contributed by atoms with Crippen LogP contribution in [0.25, 0.3) is 0 Å². The third kappa shape index (κ3) is 10.4. The number of carboxylic acids is 1.